The third-order valence-corrected chi connectivity index (χ3v) is 9.74. The highest BCUT2D eigenvalue weighted by Crippen LogP contribution is 2.58. The molecule has 6 rings (SSSR count). The number of carboxylic acids is 1. The van der Waals surface area contributed by atoms with Gasteiger partial charge in [-0.2, -0.15) is 0 Å². The third-order valence-electron chi connectivity index (χ3n) is 9.49. The maximum Gasteiger partial charge on any atom is 0.306 e. The molecule has 1 amide bonds. The molecule has 0 spiro atoms. The maximum atomic E-state index is 14.4. The van der Waals surface area contributed by atoms with Crippen LogP contribution in [0.25, 0.3) is 0 Å². The molecule has 3 aliphatic carbocycles. The Labute approximate surface area is 225 Å². The van der Waals surface area contributed by atoms with Crippen molar-refractivity contribution in [2.24, 2.45) is 29.6 Å². The zero-order chi connectivity index (χ0) is 26.6. The molecule has 0 saturated heterocycles. The Morgan fingerprint density at radius 2 is 1.42 bits per heavy atom. The standard InChI is InChI=1S/C29H32ClF2N3O3/c30-19-9-7-18(8-10-19)29(34-23-13-21(31)22(32)14-24(23)35-29)26(25-15-1-2-16(25)4-3-15)27(36)33-20-11-5-17(6-12-20)28(37)38/h7-10,13-17,20,25-26,34-35H,1-6,11-12H2,(H,33,36)(H,37,38). The zero-order valence-electron chi connectivity index (χ0n) is 21.0. The first-order chi connectivity index (χ1) is 18.2. The summed E-state index contributed by atoms with van der Waals surface area (Å²) in [6.07, 6.45) is 6.54. The Balaban J connectivity index is 1.40. The van der Waals surface area contributed by atoms with E-state index in [2.05, 4.69) is 16.0 Å². The van der Waals surface area contributed by atoms with Crippen LogP contribution in [0.4, 0.5) is 20.2 Å². The van der Waals surface area contributed by atoms with E-state index in [-0.39, 0.29) is 23.8 Å². The summed E-state index contributed by atoms with van der Waals surface area (Å²) in [6, 6.07) is 9.41. The molecular formula is C29H32ClF2N3O3. The van der Waals surface area contributed by atoms with Crippen molar-refractivity contribution in [3.63, 3.8) is 0 Å². The predicted molar refractivity (Wildman–Crippen MR) is 141 cm³/mol. The molecule has 2 aromatic rings. The average Bonchev–Trinajstić information content (AvgIpc) is 3.59. The highest BCUT2D eigenvalue weighted by atomic mass is 35.5. The van der Waals surface area contributed by atoms with Gasteiger partial charge in [0.2, 0.25) is 5.91 Å². The number of hydrogen-bond acceptors (Lipinski definition) is 4. The second-order valence-electron chi connectivity index (χ2n) is 11.5. The van der Waals surface area contributed by atoms with Crippen LogP contribution in [-0.4, -0.2) is 23.0 Å². The molecule has 1 unspecified atom stereocenters. The first-order valence-corrected chi connectivity index (χ1v) is 14.0. The maximum absolute atomic E-state index is 14.4. The van der Waals surface area contributed by atoms with Crippen LogP contribution in [0.5, 0.6) is 0 Å². The first kappa shape index (κ1) is 25.4. The van der Waals surface area contributed by atoms with Gasteiger partial charge in [0.25, 0.3) is 0 Å². The van der Waals surface area contributed by atoms with Crippen LogP contribution in [0.2, 0.25) is 5.02 Å². The number of hydrogen-bond donors (Lipinski definition) is 4. The van der Waals surface area contributed by atoms with Crippen LogP contribution >= 0.6 is 11.6 Å². The summed E-state index contributed by atoms with van der Waals surface area (Å²) in [5.41, 5.74) is 0.443. The van der Waals surface area contributed by atoms with E-state index in [0.29, 0.717) is 53.9 Å². The number of anilines is 2. The van der Waals surface area contributed by atoms with Crippen LogP contribution in [0, 0.1) is 41.2 Å². The van der Waals surface area contributed by atoms with Crippen LogP contribution in [-0.2, 0) is 15.3 Å². The number of benzene rings is 2. The van der Waals surface area contributed by atoms with E-state index in [1.54, 1.807) is 12.1 Å². The minimum absolute atomic E-state index is 0.0880. The molecule has 38 heavy (non-hydrogen) atoms. The van der Waals surface area contributed by atoms with E-state index < -0.39 is 29.2 Å². The molecule has 3 saturated carbocycles. The molecule has 3 fully saturated rings. The molecule has 0 radical (unpaired) electrons. The monoisotopic (exact) mass is 543 g/mol. The minimum Gasteiger partial charge on any atom is -0.481 e. The molecule has 9 heteroatoms. The summed E-state index contributed by atoms with van der Waals surface area (Å²) in [6.45, 7) is 0. The van der Waals surface area contributed by atoms with E-state index in [9.17, 15) is 23.5 Å². The molecule has 202 valence electrons. The highest BCUT2D eigenvalue weighted by Gasteiger charge is 2.58. The van der Waals surface area contributed by atoms with Crippen LogP contribution in [0.15, 0.2) is 36.4 Å². The SMILES string of the molecule is O=C(O)C1CCC(NC(=O)C(C2C3CCC2CC3)C2(c3ccc(Cl)cc3)Nc3cc(F)c(F)cc3N2)CC1. The molecule has 2 aromatic carbocycles. The van der Waals surface area contributed by atoms with E-state index in [4.69, 9.17) is 11.6 Å². The highest BCUT2D eigenvalue weighted by molar-refractivity contribution is 6.30. The number of fused-ring (bicyclic) bond motifs is 3. The van der Waals surface area contributed by atoms with Crippen LogP contribution in [0.1, 0.15) is 56.9 Å². The predicted octanol–water partition coefficient (Wildman–Crippen LogP) is 6.12. The Kier molecular flexibility index (Phi) is 6.49. The van der Waals surface area contributed by atoms with Crippen molar-refractivity contribution in [1.29, 1.82) is 0 Å². The third kappa shape index (κ3) is 4.31. The van der Waals surface area contributed by atoms with Gasteiger partial charge >= 0.3 is 5.97 Å². The lowest BCUT2D eigenvalue weighted by Gasteiger charge is -2.43. The zero-order valence-corrected chi connectivity index (χ0v) is 21.7. The molecule has 0 aromatic heterocycles. The second kappa shape index (κ2) is 9.70. The summed E-state index contributed by atoms with van der Waals surface area (Å²) in [5, 5.41) is 20.1. The number of amides is 1. The van der Waals surface area contributed by atoms with Gasteiger partial charge in [0.15, 0.2) is 11.6 Å². The van der Waals surface area contributed by atoms with Gasteiger partial charge in [0.05, 0.1) is 23.2 Å². The summed E-state index contributed by atoms with van der Waals surface area (Å²) in [7, 11) is 0. The molecule has 2 bridgehead atoms. The number of nitrogens with one attached hydrogen (secondary N) is 3. The normalized spacial score (nSPS) is 29.7. The number of carbonyl (C=O) groups excluding carboxylic acids is 1. The van der Waals surface area contributed by atoms with Crippen LogP contribution < -0.4 is 16.0 Å². The van der Waals surface area contributed by atoms with Gasteiger partial charge in [-0.1, -0.05) is 23.7 Å². The molecule has 1 heterocycles. The van der Waals surface area contributed by atoms with Crippen molar-refractivity contribution in [1.82, 2.24) is 5.32 Å². The second-order valence-corrected chi connectivity index (χ2v) is 11.9. The van der Waals surface area contributed by atoms with Gasteiger partial charge in [-0.25, -0.2) is 8.78 Å². The van der Waals surface area contributed by atoms with E-state index >= 15 is 0 Å². The van der Waals surface area contributed by atoms with Crippen molar-refractivity contribution in [2.75, 3.05) is 10.6 Å². The van der Waals surface area contributed by atoms with Crippen molar-refractivity contribution in [3.05, 3.63) is 58.6 Å². The quantitative estimate of drug-likeness (QED) is 0.352. The number of carbonyl (C=O) groups is 2. The van der Waals surface area contributed by atoms with Crippen LogP contribution in [0.3, 0.4) is 0 Å². The van der Waals surface area contributed by atoms with Crippen molar-refractivity contribution < 1.29 is 23.5 Å². The Bertz CT molecular complexity index is 1200. The van der Waals surface area contributed by atoms with E-state index in [1.807, 2.05) is 12.1 Å². The molecule has 6 nitrogen and oxygen atoms in total. The van der Waals surface area contributed by atoms with Crippen molar-refractivity contribution in [3.8, 4) is 0 Å². The van der Waals surface area contributed by atoms with Gasteiger partial charge < -0.3 is 21.1 Å². The largest absolute Gasteiger partial charge is 0.481 e. The van der Waals surface area contributed by atoms with Gasteiger partial charge in [-0.05, 0) is 86.8 Å². The smallest absolute Gasteiger partial charge is 0.306 e. The van der Waals surface area contributed by atoms with E-state index in [0.717, 1.165) is 43.4 Å². The van der Waals surface area contributed by atoms with Crippen molar-refractivity contribution in [2.45, 2.75) is 63.1 Å². The molecule has 1 atom stereocenters. The average molecular weight is 544 g/mol. The summed E-state index contributed by atoms with van der Waals surface area (Å²) < 4.78 is 28.6. The topological polar surface area (TPSA) is 90.5 Å². The fourth-order valence-corrected chi connectivity index (χ4v) is 7.81. The lowest BCUT2D eigenvalue weighted by Crippen LogP contribution is -2.57. The molecule has 1 aliphatic heterocycles. The number of carboxylic acid groups (broad SMARTS) is 1. The van der Waals surface area contributed by atoms with Crippen molar-refractivity contribution >= 4 is 34.9 Å². The fraction of sp³-hybridized carbons (Fsp3) is 0.517. The number of aliphatic carboxylic acids is 1. The number of rotatable bonds is 6. The molecule has 4 aliphatic rings. The Morgan fingerprint density at radius 3 is 1.92 bits per heavy atom. The van der Waals surface area contributed by atoms with Gasteiger partial charge in [-0.15, -0.1) is 0 Å². The Morgan fingerprint density at radius 1 is 0.895 bits per heavy atom. The molecule has 4 N–H and O–H groups in total. The van der Waals surface area contributed by atoms with E-state index in [1.165, 1.54) is 0 Å². The summed E-state index contributed by atoms with van der Waals surface area (Å²) in [5.74, 6) is -2.88. The summed E-state index contributed by atoms with van der Waals surface area (Å²) >= 11 is 6.22. The Hall–Kier alpha value is -2.87. The van der Waals surface area contributed by atoms with Gasteiger partial charge in [-0.3, -0.25) is 9.59 Å². The number of halogens is 3. The van der Waals surface area contributed by atoms with Gasteiger partial charge in [0, 0.05) is 23.2 Å². The lowest BCUT2D eigenvalue weighted by atomic mass is 9.72. The minimum atomic E-state index is -1.13. The first-order valence-electron chi connectivity index (χ1n) is 13.6. The fourth-order valence-electron chi connectivity index (χ4n) is 7.68. The van der Waals surface area contributed by atoms with Gasteiger partial charge in [0.1, 0.15) is 5.66 Å². The molecular weight excluding hydrogens is 512 g/mol. The summed E-state index contributed by atoms with van der Waals surface area (Å²) in [4.78, 5) is 25.8. The lowest BCUT2D eigenvalue weighted by molar-refractivity contribution is -0.142.